The van der Waals surface area contributed by atoms with E-state index in [0.29, 0.717) is 11.5 Å². The van der Waals surface area contributed by atoms with Crippen LogP contribution in [0.4, 0.5) is 0 Å². The number of hydrogen-bond donors (Lipinski definition) is 0. The van der Waals surface area contributed by atoms with Gasteiger partial charge in [0, 0.05) is 0 Å². The minimum atomic E-state index is -0.298. The van der Waals surface area contributed by atoms with Gasteiger partial charge in [-0.05, 0) is 24.3 Å². The van der Waals surface area contributed by atoms with Crippen LogP contribution in [0, 0.1) is 6.92 Å². The summed E-state index contributed by atoms with van der Waals surface area (Å²) in [6, 6.07) is 0. The van der Waals surface area contributed by atoms with Gasteiger partial charge in [-0.25, -0.2) is 0 Å². The molecule has 0 spiro atoms. The number of rotatable bonds is 3. The molecule has 0 amide bonds. The average Bonchev–Trinajstić information content (AvgIpc) is 1.61. The van der Waals surface area contributed by atoms with Crippen LogP contribution in [0.2, 0.25) is 0 Å². The first-order chi connectivity index (χ1) is 3.27. The summed E-state index contributed by atoms with van der Waals surface area (Å²) >= 11 is 6.39. The molecular formula is C4H6ClOS. The molecule has 7 heavy (non-hydrogen) atoms. The fourth-order valence-corrected chi connectivity index (χ4v) is 0.689. The van der Waals surface area contributed by atoms with Gasteiger partial charge in [-0.2, -0.15) is 11.8 Å². The molecule has 0 unspecified atom stereocenters. The first kappa shape index (κ1) is 7.31. The van der Waals surface area contributed by atoms with Crippen LogP contribution >= 0.6 is 23.4 Å². The highest BCUT2D eigenvalue weighted by molar-refractivity contribution is 8.00. The molecule has 0 aromatic rings. The van der Waals surface area contributed by atoms with Crippen LogP contribution < -0.4 is 0 Å². The Morgan fingerprint density at radius 1 is 1.86 bits per heavy atom. The molecule has 0 atom stereocenters. The number of carbonyl (C=O) groups excluding carboxylic acids is 1. The summed E-state index contributed by atoms with van der Waals surface area (Å²) in [6.07, 6.45) is 0. The maximum Gasteiger partial charge on any atom is 0.231 e. The molecule has 0 N–H and O–H groups in total. The Labute approximate surface area is 52.4 Å². The van der Waals surface area contributed by atoms with Gasteiger partial charge < -0.3 is 0 Å². The lowest BCUT2D eigenvalue weighted by atomic mass is 10.9. The van der Waals surface area contributed by atoms with E-state index in [1.165, 1.54) is 11.8 Å². The lowest BCUT2D eigenvalue weighted by Crippen LogP contribution is -1.88. The fraction of sp³-hybridized carbons (Fsp3) is 0.500. The van der Waals surface area contributed by atoms with E-state index in [-0.39, 0.29) is 5.24 Å². The summed E-state index contributed by atoms with van der Waals surface area (Å²) < 4.78 is 0. The van der Waals surface area contributed by atoms with E-state index >= 15 is 0 Å². The molecule has 0 aliphatic rings. The molecule has 41 valence electrons. The molecule has 0 rings (SSSR count). The van der Waals surface area contributed by atoms with E-state index in [9.17, 15) is 4.79 Å². The highest BCUT2D eigenvalue weighted by Gasteiger charge is 1.90. The predicted molar refractivity (Wildman–Crippen MR) is 33.5 cm³/mol. The SMILES string of the molecule is [CH2]CSCC(=O)Cl. The van der Waals surface area contributed by atoms with Crippen LogP contribution in [0.3, 0.4) is 0 Å². The minimum absolute atomic E-state index is 0.298. The number of halogens is 1. The highest BCUT2D eigenvalue weighted by Crippen LogP contribution is 1.98. The van der Waals surface area contributed by atoms with Gasteiger partial charge in [0.15, 0.2) is 0 Å². The zero-order chi connectivity index (χ0) is 5.70. The van der Waals surface area contributed by atoms with Crippen molar-refractivity contribution in [2.45, 2.75) is 0 Å². The summed E-state index contributed by atoms with van der Waals surface area (Å²) in [6.45, 7) is 3.51. The van der Waals surface area contributed by atoms with Gasteiger partial charge in [0.25, 0.3) is 0 Å². The molecular weight excluding hydrogens is 132 g/mol. The summed E-state index contributed by atoms with van der Waals surface area (Å²) in [5, 5.41) is -0.298. The monoisotopic (exact) mass is 137 g/mol. The molecule has 0 heterocycles. The lowest BCUT2D eigenvalue weighted by Gasteiger charge is -1.85. The lowest BCUT2D eigenvalue weighted by molar-refractivity contribution is -0.109. The third kappa shape index (κ3) is 6.31. The molecule has 0 aliphatic carbocycles. The molecule has 1 radical (unpaired) electrons. The van der Waals surface area contributed by atoms with E-state index < -0.39 is 0 Å². The number of carbonyl (C=O) groups is 1. The highest BCUT2D eigenvalue weighted by atomic mass is 35.5. The van der Waals surface area contributed by atoms with Gasteiger partial charge in [-0.1, -0.05) is 0 Å². The molecule has 0 aromatic heterocycles. The largest absolute Gasteiger partial charge is 0.280 e. The quantitative estimate of drug-likeness (QED) is 0.546. The van der Waals surface area contributed by atoms with Crippen molar-refractivity contribution in [2.75, 3.05) is 11.5 Å². The predicted octanol–water partition coefficient (Wildman–Crippen LogP) is 1.32. The van der Waals surface area contributed by atoms with Crippen molar-refractivity contribution in [1.29, 1.82) is 0 Å². The van der Waals surface area contributed by atoms with Gasteiger partial charge in [-0.15, -0.1) is 0 Å². The molecule has 0 saturated carbocycles. The molecule has 0 fully saturated rings. The summed E-state index contributed by atoms with van der Waals surface area (Å²) in [5.41, 5.74) is 0. The normalized spacial score (nSPS) is 8.86. The van der Waals surface area contributed by atoms with Crippen molar-refractivity contribution in [3.63, 3.8) is 0 Å². The van der Waals surface area contributed by atoms with Crippen molar-refractivity contribution >= 4 is 28.6 Å². The number of thioether (sulfide) groups is 1. The second-order valence-electron chi connectivity index (χ2n) is 0.908. The van der Waals surface area contributed by atoms with Crippen LogP contribution in [0.15, 0.2) is 0 Å². The van der Waals surface area contributed by atoms with Crippen LogP contribution in [-0.4, -0.2) is 16.7 Å². The van der Waals surface area contributed by atoms with Crippen molar-refractivity contribution < 1.29 is 4.79 Å². The molecule has 0 saturated heterocycles. The Morgan fingerprint density at radius 2 is 2.43 bits per heavy atom. The van der Waals surface area contributed by atoms with Gasteiger partial charge in [0.1, 0.15) is 0 Å². The summed E-state index contributed by atoms with van der Waals surface area (Å²) in [4.78, 5) is 9.92. The first-order valence-corrected chi connectivity index (χ1v) is 3.36. The van der Waals surface area contributed by atoms with Gasteiger partial charge in [-0.3, -0.25) is 4.79 Å². The van der Waals surface area contributed by atoms with E-state index in [4.69, 9.17) is 11.6 Å². The third-order valence-corrected chi connectivity index (χ3v) is 1.41. The van der Waals surface area contributed by atoms with Crippen molar-refractivity contribution in [3.05, 3.63) is 6.92 Å². The molecule has 0 bridgehead atoms. The fourth-order valence-electron chi connectivity index (χ4n) is 0.152. The van der Waals surface area contributed by atoms with Crippen molar-refractivity contribution in [3.8, 4) is 0 Å². The minimum Gasteiger partial charge on any atom is -0.280 e. The zero-order valence-electron chi connectivity index (χ0n) is 3.82. The maximum absolute atomic E-state index is 9.92. The Bertz CT molecular complexity index is 64.7. The maximum atomic E-state index is 9.92. The summed E-state index contributed by atoms with van der Waals surface area (Å²) in [5.74, 6) is 1.09. The molecule has 3 heteroatoms. The van der Waals surface area contributed by atoms with E-state index in [0.717, 1.165) is 0 Å². The molecule has 0 aliphatic heterocycles. The Morgan fingerprint density at radius 3 is 2.57 bits per heavy atom. The third-order valence-electron chi connectivity index (χ3n) is 0.360. The molecule has 1 nitrogen and oxygen atoms in total. The Hall–Kier alpha value is 0.310. The van der Waals surface area contributed by atoms with Crippen molar-refractivity contribution in [1.82, 2.24) is 0 Å². The second-order valence-corrected chi connectivity index (χ2v) is 2.43. The van der Waals surface area contributed by atoms with Crippen LogP contribution in [0.25, 0.3) is 0 Å². The standard InChI is InChI=1S/C4H6ClOS/c1-2-7-3-4(5)6/h1-3H2. The smallest absolute Gasteiger partial charge is 0.231 e. The molecule has 0 aromatic carbocycles. The summed E-state index contributed by atoms with van der Waals surface area (Å²) in [7, 11) is 0. The Kier molecular flexibility index (Phi) is 4.67. The van der Waals surface area contributed by atoms with Crippen molar-refractivity contribution in [2.24, 2.45) is 0 Å². The topological polar surface area (TPSA) is 17.1 Å². The van der Waals surface area contributed by atoms with E-state index in [1.807, 2.05) is 0 Å². The van der Waals surface area contributed by atoms with Gasteiger partial charge in [0.2, 0.25) is 5.24 Å². The van der Waals surface area contributed by atoms with Crippen LogP contribution in [0.5, 0.6) is 0 Å². The van der Waals surface area contributed by atoms with Gasteiger partial charge >= 0.3 is 0 Å². The average molecular weight is 138 g/mol. The van der Waals surface area contributed by atoms with E-state index in [2.05, 4.69) is 6.92 Å². The number of hydrogen-bond acceptors (Lipinski definition) is 2. The zero-order valence-corrected chi connectivity index (χ0v) is 5.39. The van der Waals surface area contributed by atoms with Crippen LogP contribution in [-0.2, 0) is 4.79 Å². The first-order valence-electron chi connectivity index (χ1n) is 1.82. The van der Waals surface area contributed by atoms with E-state index in [1.54, 1.807) is 0 Å². The van der Waals surface area contributed by atoms with Crippen LogP contribution in [0.1, 0.15) is 0 Å². The second kappa shape index (κ2) is 4.47. The Balaban J connectivity index is 2.82. The van der Waals surface area contributed by atoms with Gasteiger partial charge in [0.05, 0.1) is 5.75 Å².